The molecule has 1 unspecified atom stereocenters. The number of nitrogens with zero attached hydrogens (tertiary/aromatic N) is 3. The molecule has 94 valence electrons. The standard InChI is InChI=1S/C14H18N4/c1-11(10-12-2-3-12)17-13-4-6-14(7-5-13)18-15-8-9-16-18/h4-9,11-12,17H,2-3,10H2,1H3. The lowest BCUT2D eigenvalue weighted by Gasteiger charge is -2.15. The molecule has 1 aliphatic rings. The van der Waals surface area contributed by atoms with Gasteiger partial charge in [-0.25, -0.2) is 0 Å². The van der Waals surface area contributed by atoms with E-state index in [9.17, 15) is 0 Å². The molecule has 1 heterocycles. The van der Waals surface area contributed by atoms with Crippen LogP contribution in [-0.4, -0.2) is 21.0 Å². The van der Waals surface area contributed by atoms with Crippen molar-refractivity contribution in [2.45, 2.75) is 32.2 Å². The first-order valence-electron chi connectivity index (χ1n) is 6.54. The maximum absolute atomic E-state index is 4.11. The highest BCUT2D eigenvalue weighted by atomic mass is 15.5. The zero-order valence-electron chi connectivity index (χ0n) is 10.6. The molecule has 1 N–H and O–H groups in total. The number of nitrogens with one attached hydrogen (secondary N) is 1. The van der Waals surface area contributed by atoms with Crippen LogP contribution in [0.15, 0.2) is 36.7 Å². The number of hydrogen-bond acceptors (Lipinski definition) is 3. The Morgan fingerprint density at radius 1 is 1.22 bits per heavy atom. The second-order valence-electron chi connectivity index (χ2n) is 5.09. The second kappa shape index (κ2) is 4.80. The van der Waals surface area contributed by atoms with Gasteiger partial charge in [0.05, 0.1) is 18.1 Å². The Kier molecular flexibility index (Phi) is 3.00. The van der Waals surface area contributed by atoms with Crippen molar-refractivity contribution in [3.8, 4) is 5.69 Å². The molecule has 3 rings (SSSR count). The predicted octanol–water partition coefficient (Wildman–Crippen LogP) is 2.87. The van der Waals surface area contributed by atoms with Crippen molar-refractivity contribution in [1.29, 1.82) is 0 Å². The lowest BCUT2D eigenvalue weighted by Crippen LogP contribution is -2.15. The molecule has 0 spiro atoms. The quantitative estimate of drug-likeness (QED) is 0.876. The summed E-state index contributed by atoms with van der Waals surface area (Å²) in [6.45, 7) is 2.25. The third-order valence-corrected chi connectivity index (χ3v) is 3.31. The van der Waals surface area contributed by atoms with Crippen molar-refractivity contribution in [1.82, 2.24) is 15.0 Å². The van der Waals surface area contributed by atoms with Gasteiger partial charge in [-0.2, -0.15) is 15.0 Å². The van der Waals surface area contributed by atoms with Gasteiger partial charge in [0.2, 0.25) is 0 Å². The molecule has 0 radical (unpaired) electrons. The first kappa shape index (κ1) is 11.3. The Morgan fingerprint density at radius 3 is 2.50 bits per heavy atom. The van der Waals surface area contributed by atoms with Gasteiger partial charge in [-0.1, -0.05) is 12.8 Å². The zero-order valence-corrected chi connectivity index (χ0v) is 10.6. The Morgan fingerprint density at radius 2 is 1.89 bits per heavy atom. The fourth-order valence-electron chi connectivity index (χ4n) is 2.24. The van der Waals surface area contributed by atoms with Crippen molar-refractivity contribution < 1.29 is 0 Å². The van der Waals surface area contributed by atoms with Gasteiger partial charge in [0.15, 0.2) is 0 Å². The van der Waals surface area contributed by atoms with Crippen LogP contribution >= 0.6 is 0 Å². The van der Waals surface area contributed by atoms with Gasteiger partial charge in [-0.15, -0.1) is 0 Å². The number of hydrogen-bond donors (Lipinski definition) is 1. The van der Waals surface area contributed by atoms with Crippen LogP contribution in [-0.2, 0) is 0 Å². The summed E-state index contributed by atoms with van der Waals surface area (Å²) >= 11 is 0. The molecule has 4 nitrogen and oxygen atoms in total. The van der Waals surface area contributed by atoms with Gasteiger partial charge in [-0.05, 0) is 43.5 Å². The topological polar surface area (TPSA) is 42.7 Å². The average molecular weight is 242 g/mol. The summed E-state index contributed by atoms with van der Waals surface area (Å²) < 4.78 is 0. The number of benzene rings is 1. The van der Waals surface area contributed by atoms with E-state index < -0.39 is 0 Å². The van der Waals surface area contributed by atoms with Crippen LogP contribution in [0.2, 0.25) is 0 Å². The summed E-state index contributed by atoms with van der Waals surface area (Å²) in [5.41, 5.74) is 2.15. The monoisotopic (exact) mass is 242 g/mol. The van der Waals surface area contributed by atoms with Gasteiger partial charge in [-0.3, -0.25) is 0 Å². The van der Waals surface area contributed by atoms with Crippen molar-refractivity contribution in [3.63, 3.8) is 0 Å². The molecule has 18 heavy (non-hydrogen) atoms. The third kappa shape index (κ3) is 2.70. The van der Waals surface area contributed by atoms with Gasteiger partial charge in [0.25, 0.3) is 0 Å². The summed E-state index contributed by atoms with van der Waals surface area (Å²) in [6.07, 6.45) is 7.47. The van der Waals surface area contributed by atoms with Crippen LogP contribution in [0.5, 0.6) is 0 Å². The molecule has 1 atom stereocenters. The lowest BCUT2D eigenvalue weighted by molar-refractivity contribution is 0.642. The molecule has 0 saturated heterocycles. The molecule has 1 aliphatic carbocycles. The minimum atomic E-state index is 0.547. The molecule has 2 aromatic rings. The zero-order chi connectivity index (χ0) is 12.4. The van der Waals surface area contributed by atoms with E-state index in [4.69, 9.17) is 0 Å². The molecule has 1 aromatic heterocycles. The van der Waals surface area contributed by atoms with Crippen molar-refractivity contribution in [3.05, 3.63) is 36.7 Å². The maximum atomic E-state index is 4.11. The molecular formula is C14H18N4. The van der Waals surface area contributed by atoms with E-state index >= 15 is 0 Å². The fraction of sp³-hybridized carbons (Fsp3) is 0.429. The first-order valence-corrected chi connectivity index (χ1v) is 6.54. The largest absolute Gasteiger partial charge is 0.383 e. The summed E-state index contributed by atoms with van der Waals surface area (Å²) in [7, 11) is 0. The third-order valence-electron chi connectivity index (χ3n) is 3.31. The van der Waals surface area contributed by atoms with Crippen LogP contribution in [0.3, 0.4) is 0 Å². The van der Waals surface area contributed by atoms with Crippen LogP contribution in [0.1, 0.15) is 26.2 Å². The summed E-state index contributed by atoms with van der Waals surface area (Å²) in [5.74, 6) is 0.958. The lowest BCUT2D eigenvalue weighted by atomic mass is 10.1. The van der Waals surface area contributed by atoms with Crippen LogP contribution in [0.25, 0.3) is 5.69 Å². The van der Waals surface area contributed by atoms with Crippen LogP contribution in [0, 0.1) is 5.92 Å². The van der Waals surface area contributed by atoms with E-state index in [1.807, 2.05) is 12.1 Å². The molecule has 1 fully saturated rings. The molecule has 0 amide bonds. The minimum absolute atomic E-state index is 0.547. The van der Waals surface area contributed by atoms with E-state index in [2.05, 4.69) is 34.6 Å². The summed E-state index contributed by atoms with van der Waals surface area (Å²) in [5, 5.41) is 11.8. The van der Waals surface area contributed by atoms with Crippen molar-refractivity contribution in [2.75, 3.05) is 5.32 Å². The Hall–Kier alpha value is -1.84. The summed E-state index contributed by atoms with van der Waals surface area (Å²) in [4.78, 5) is 1.62. The highest BCUT2D eigenvalue weighted by molar-refractivity contribution is 5.48. The van der Waals surface area contributed by atoms with Gasteiger partial charge in [0, 0.05) is 11.7 Å². The first-order chi connectivity index (χ1) is 8.81. The minimum Gasteiger partial charge on any atom is -0.383 e. The highest BCUT2D eigenvalue weighted by Gasteiger charge is 2.23. The highest BCUT2D eigenvalue weighted by Crippen LogP contribution is 2.34. The number of rotatable bonds is 5. The van der Waals surface area contributed by atoms with E-state index in [0.717, 1.165) is 11.6 Å². The Labute approximate surface area is 107 Å². The fourth-order valence-corrected chi connectivity index (χ4v) is 2.24. The average Bonchev–Trinajstić information content (AvgIpc) is 3.01. The van der Waals surface area contributed by atoms with Crippen molar-refractivity contribution in [2.24, 2.45) is 5.92 Å². The smallest absolute Gasteiger partial charge is 0.0858 e. The maximum Gasteiger partial charge on any atom is 0.0858 e. The van der Waals surface area contributed by atoms with E-state index in [0.29, 0.717) is 6.04 Å². The van der Waals surface area contributed by atoms with Crippen LogP contribution in [0.4, 0.5) is 5.69 Å². The molecule has 0 bridgehead atoms. The Balaban J connectivity index is 1.63. The molecule has 4 heteroatoms. The van der Waals surface area contributed by atoms with Gasteiger partial charge >= 0.3 is 0 Å². The number of anilines is 1. The predicted molar refractivity (Wildman–Crippen MR) is 71.8 cm³/mol. The molecule has 1 aromatic carbocycles. The van der Waals surface area contributed by atoms with Crippen LogP contribution < -0.4 is 5.32 Å². The van der Waals surface area contributed by atoms with E-state index in [1.54, 1.807) is 17.2 Å². The van der Waals surface area contributed by atoms with Gasteiger partial charge < -0.3 is 5.32 Å². The number of aromatic nitrogens is 3. The second-order valence-corrected chi connectivity index (χ2v) is 5.09. The van der Waals surface area contributed by atoms with E-state index in [1.165, 1.54) is 24.9 Å². The molecule has 0 aliphatic heterocycles. The Bertz CT molecular complexity index is 485. The normalized spacial score (nSPS) is 16.5. The molecular weight excluding hydrogens is 224 g/mol. The van der Waals surface area contributed by atoms with Gasteiger partial charge in [0.1, 0.15) is 0 Å². The van der Waals surface area contributed by atoms with Crippen molar-refractivity contribution >= 4 is 5.69 Å². The summed E-state index contributed by atoms with van der Waals surface area (Å²) in [6, 6.07) is 8.79. The SMILES string of the molecule is CC(CC1CC1)Nc1ccc(-n2nccn2)cc1. The molecule has 1 saturated carbocycles. The van der Waals surface area contributed by atoms with E-state index in [-0.39, 0.29) is 0 Å².